The van der Waals surface area contributed by atoms with Crippen molar-refractivity contribution in [1.29, 1.82) is 0 Å². The van der Waals surface area contributed by atoms with Crippen LogP contribution in [-0.4, -0.2) is 17.5 Å². The summed E-state index contributed by atoms with van der Waals surface area (Å²) in [4.78, 5) is 10.4. The summed E-state index contributed by atoms with van der Waals surface area (Å²) in [6, 6.07) is 0. The molecule has 0 saturated heterocycles. The second kappa shape index (κ2) is 86.2. The van der Waals surface area contributed by atoms with E-state index >= 15 is 0 Å². The van der Waals surface area contributed by atoms with E-state index < -0.39 is 0 Å². The van der Waals surface area contributed by atoms with Crippen molar-refractivity contribution in [3.63, 3.8) is 0 Å². The average molecular weight is 381 g/mol. The fraction of sp³-hybridized carbons (Fsp3) is 0.958. The summed E-state index contributed by atoms with van der Waals surface area (Å²) < 4.78 is 0. The van der Waals surface area contributed by atoms with Crippen LogP contribution >= 0.6 is 0 Å². The summed E-state index contributed by atoms with van der Waals surface area (Å²) >= 11 is 0. The van der Waals surface area contributed by atoms with Gasteiger partial charge in [-0.2, -0.15) is 0 Å². The topological polar surface area (TPSA) is 37.3 Å². The second-order valence-electron chi connectivity index (χ2n) is 5.36. The lowest BCUT2D eigenvalue weighted by atomic mass is 10.1. The number of Topliss-reactive ketones (excluding diaryl/α,β-unsaturated/α-hetero) is 1. The minimum atomic E-state index is 0.319. The van der Waals surface area contributed by atoms with Crippen LogP contribution in [0.15, 0.2) is 0 Å². The van der Waals surface area contributed by atoms with Crippen molar-refractivity contribution >= 4 is 5.78 Å². The van der Waals surface area contributed by atoms with Crippen LogP contribution in [-0.2, 0) is 4.79 Å². The number of rotatable bonds is 6. The maximum absolute atomic E-state index is 10.4. The molecule has 0 bridgehead atoms. The minimum absolute atomic E-state index is 0.319. The highest BCUT2D eigenvalue weighted by atomic mass is 16.2. The number of unbranched alkanes of at least 4 members (excludes halogenated alkanes) is 3. The highest BCUT2D eigenvalue weighted by Crippen LogP contribution is 2.01. The SMILES string of the molecule is CC.CC.CCC.CCC.CCC.CCCCCCC(C)=O.CCCO. The van der Waals surface area contributed by atoms with Gasteiger partial charge in [-0.3, -0.25) is 0 Å². The zero-order chi connectivity index (χ0) is 22.6. The molecule has 0 saturated carbocycles. The Hall–Kier alpha value is -0.370. The van der Waals surface area contributed by atoms with Crippen molar-refractivity contribution in [3.05, 3.63) is 0 Å². The van der Waals surface area contributed by atoms with Gasteiger partial charge in [0.05, 0.1) is 0 Å². The number of ketones is 1. The van der Waals surface area contributed by atoms with E-state index in [9.17, 15) is 4.79 Å². The van der Waals surface area contributed by atoms with E-state index in [-0.39, 0.29) is 0 Å². The van der Waals surface area contributed by atoms with Crippen molar-refractivity contribution in [2.45, 2.75) is 148 Å². The van der Waals surface area contributed by atoms with Gasteiger partial charge in [0, 0.05) is 13.0 Å². The van der Waals surface area contributed by atoms with Crippen LogP contribution in [0.4, 0.5) is 0 Å². The molecule has 0 aliphatic rings. The minimum Gasteiger partial charge on any atom is -0.396 e. The summed E-state index contributed by atoms with van der Waals surface area (Å²) in [5.74, 6) is 0.325. The maximum Gasteiger partial charge on any atom is 0.129 e. The Morgan fingerprint density at radius 2 is 0.885 bits per heavy atom. The molecular weight excluding hydrogens is 320 g/mol. The molecule has 1 N–H and O–H groups in total. The van der Waals surface area contributed by atoms with Gasteiger partial charge in [0.15, 0.2) is 0 Å². The highest BCUT2D eigenvalue weighted by molar-refractivity contribution is 5.75. The lowest BCUT2D eigenvalue weighted by molar-refractivity contribution is -0.117. The Balaban J connectivity index is -0.0000000361. The largest absolute Gasteiger partial charge is 0.396 e. The first kappa shape index (κ1) is 44.8. The molecule has 0 aliphatic heterocycles. The Bertz CT molecular complexity index is 127. The summed E-state index contributed by atoms with van der Waals surface area (Å²) in [6.45, 7) is 26.8. The van der Waals surface area contributed by atoms with Gasteiger partial charge in [-0.1, -0.05) is 122 Å². The third-order valence-corrected chi connectivity index (χ3v) is 1.61. The Morgan fingerprint density at radius 3 is 1.04 bits per heavy atom. The van der Waals surface area contributed by atoms with E-state index in [4.69, 9.17) is 5.11 Å². The zero-order valence-corrected chi connectivity index (χ0v) is 21.4. The second-order valence-corrected chi connectivity index (χ2v) is 5.36. The van der Waals surface area contributed by atoms with Crippen LogP contribution in [0.1, 0.15) is 148 Å². The normalized spacial score (nSPS) is 7.00. The maximum atomic E-state index is 10.4. The van der Waals surface area contributed by atoms with E-state index in [1.54, 1.807) is 6.92 Å². The van der Waals surface area contributed by atoms with E-state index in [0.29, 0.717) is 12.4 Å². The number of aliphatic hydroxyl groups excluding tert-OH is 1. The fourth-order valence-electron chi connectivity index (χ4n) is 0.801. The predicted molar refractivity (Wildman–Crippen MR) is 127 cm³/mol. The molecule has 0 amide bonds. The van der Waals surface area contributed by atoms with Gasteiger partial charge in [0.2, 0.25) is 0 Å². The van der Waals surface area contributed by atoms with Crippen LogP contribution in [0.3, 0.4) is 0 Å². The molecule has 0 rings (SSSR count). The van der Waals surface area contributed by atoms with Gasteiger partial charge < -0.3 is 9.90 Å². The van der Waals surface area contributed by atoms with Crippen molar-refractivity contribution in [2.24, 2.45) is 0 Å². The van der Waals surface area contributed by atoms with E-state index in [1.165, 1.54) is 38.5 Å². The van der Waals surface area contributed by atoms with Crippen LogP contribution < -0.4 is 0 Å². The molecule has 0 aromatic heterocycles. The smallest absolute Gasteiger partial charge is 0.129 e. The first-order valence-electron chi connectivity index (χ1n) is 11.5. The number of hydrogen-bond acceptors (Lipinski definition) is 2. The van der Waals surface area contributed by atoms with Gasteiger partial charge in [0.25, 0.3) is 0 Å². The molecule has 0 atom stereocenters. The number of carbonyl (C=O) groups excluding carboxylic acids is 1. The molecule has 0 spiro atoms. The Morgan fingerprint density at radius 1 is 0.615 bits per heavy atom. The fourth-order valence-corrected chi connectivity index (χ4v) is 0.801. The third kappa shape index (κ3) is 275. The average Bonchev–Trinajstić information content (AvgIpc) is 2.64. The van der Waals surface area contributed by atoms with Gasteiger partial charge in [0.1, 0.15) is 5.78 Å². The lowest BCUT2D eigenvalue weighted by Crippen LogP contribution is -1.88. The highest BCUT2D eigenvalue weighted by Gasteiger charge is 1.91. The predicted octanol–water partition coefficient (Wildman–Crippen LogP) is 9.24. The molecule has 0 radical (unpaired) electrons. The Kier molecular flexibility index (Phi) is 149. The molecule has 0 aliphatic carbocycles. The zero-order valence-electron chi connectivity index (χ0n) is 21.4. The molecule has 0 fully saturated rings. The Labute approximate surface area is 170 Å². The number of hydrogen-bond donors (Lipinski definition) is 1. The molecule has 0 unspecified atom stereocenters. The van der Waals surface area contributed by atoms with Crippen LogP contribution in [0.2, 0.25) is 0 Å². The third-order valence-electron chi connectivity index (χ3n) is 1.61. The monoisotopic (exact) mass is 380 g/mol. The van der Waals surface area contributed by atoms with Crippen molar-refractivity contribution in [1.82, 2.24) is 0 Å². The summed E-state index contributed by atoms with van der Waals surface area (Å²) in [6.07, 6.45) is 10.2. The molecule has 0 heterocycles. The van der Waals surface area contributed by atoms with Crippen molar-refractivity contribution < 1.29 is 9.90 Å². The van der Waals surface area contributed by atoms with E-state index in [1.807, 2.05) is 34.6 Å². The first-order valence-corrected chi connectivity index (χ1v) is 11.5. The summed E-state index contributed by atoms with van der Waals surface area (Å²) in [7, 11) is 0. The van der Waals surface area contributed by atoms with Crippen LogP contribution in [0.25, 0.3) is 0 Å². The molecule has 26 heavy (non-hydrogen) atoms. The van der Waals surface area contributed by atoms with Crippen molar-refractivity contribution in [3.8, 4) is 0 Å². The molecule has 2 heteroatoms. The number of aliphatic hydroxyl groups is 1. The lowest BCUT2D eigenvalue weighted by Gasteiger charge is -1.93. The quantitative estimate of drug-likeness (QED) is 0.466. The van der Waals surface area contributed by atoms with E-state index in [2.05, 4.69) is 48.5 Å². The van der Waals surface area contributed by atoms with Crippen molar-refractivity contribution in [2.75, 3.05) is 6.61 Å². The molecule has 0 aromatic rings. The van der Waals surface area contributed by atoms with E-state index in [0.717, 1.165) is 19.3 Å². The summed E-state index contributed by atoms with van der Waals surface area (Å²) in [5, 5.41) is 7.88. The van der Waals surface area contributed by atoms with Gasteiger partial charge in [-0.05, 0) is 19.8 Å². The van der Waals surface area contributed by atoms with Crippen LogP contribution in [0, 0.1) is 0 Å². The number of carbonyl (C=O) groups is 1. The standard InChI is InChI=1S/C8H16O.C3H8O.3C3H8.2C2H6/c1-3-4-5-6-7-8(2)9;1-2-3-4;3*1-3-2;2*1-2/h3-7H2,1-2H3;4H,2-3H2,1H3;3*3H2,1-2H3;2*1-2H3. The summed E-state index contributed by atoms with van der Waals surface area (Å²) in [5.41, 5.74) is 0. The van der Waals surface area contributed by atoms with Gasteiger partial charge >= 0.3 is 0 Å². The molecule has 0 aromatic carbocycles. The molecular formula is C24H60O2. The van der Waals surface area contributed by atoms with Gasteiger partial charge in [-0.25, -0.2) is 0 Å². The molecule has 2 nitrogen and oxygen atoms in total. The van der Waals surface area contributed by atoms with Crippen LogP contribution in [0.5, 0.6) is 0 Å². The van der Waals surface area contributed by atoms with Gasteiger partial charge in [-0.15, -0.1) is 0 Å². The first-order chi connectivity index (χ1) is 12.4. The molecule has 168 valence electrons.